The van der Waals surface area contributed by atoms with Crippen LogP contribution in [0, 0.1) is 5.92 Å². The van der Waals surface area contributed by atoms with Crippen molar-refractivity contribution in [3.63, 3.8) is 0 Å². The molecule has 0 aromatic heterocycles. The van der Waals surface area contributed by atoms with E-state index in [9.17, 15) is 4.79 Å². The van der Waals surface area contributed by atoms with Gasteiger partial charge in [-0.15, -0.1) is 24.0 Å². The third-order valence-electron chi connectivity index (χ3n) is 4.31. The van der Waals surface area contributed by atoms with Crippen LogP contribution >= 0.6 is 24.0 Å². The highest BCUT2D eigenvalue weighted by Gasteiger charge is 2.21. The number of rotatable bonds is 11. The van der Waals surface area contributed by atoms with Gasteiger partial charge in [-0.25, -0.2) is 0 Å². The van der Waals surface area contributed by atoms with Crippen molar-refractivity contribution in [1.82, 2.24) is 15.5 Å². The number of methoxy groups -OCH3 is 1. The summed E-state index contributed by atoms with van der Waals surface area (Å²) in [6.45, 7) is 6.17. The zero-order valence-corrected chi connectivity index (χ0v) is 19.4. The molecule has 1 aliphatic carbocycles. The van der Waals surface area contributed by atoms with E-state index in [1.54, 1.807) is 25.3 Å². The van der Waals surface area contributed by atoms with Gasteiger partial charge in [-0.05, 0) is 43.9 Å². The normalized spacial score (nSPS) is 13.5. The molecule has 28 heavy (non-hydrogen) atoms. The van der Waals surface area contributed by atoms with E-state index in [1.807, 2.05) is 20.0 Å². The fraction of sp³-hybridized carbons (Fsp3) is 0.600. The summed E-state index contributed by atoms with van der Waals surface area (Å²) in [7, 11) is 3.58. The molecule has 7 nitrogen and oxygen atoms in total. The lowest BCUT2D eigenvalue weighted by Crippen LogP contribution is -2.41. The predicted octanol–water partition coefficient (Wildman–Crippen LogP) is 2.37. The quantitative estimate of drug-likeness (QED) is 0.210. The first-order valence-electron chi connectivity index (χ1n) is 9.63. The lowest BCUT2D eigenvalue weighted by atomic mass is 10.2. The summed E-state index contributed by atoms with van der Waals surface area (Å²) in [6.07, 6.45) is 2.61. The molecule has 0 atom stereocenters. The molecule has 1 aromatic carbocycles. The molecule has 0 unspecified atom stereocenters. The lowest BCUT2D eigenvalue weighted by molar-refractivity contribution is 0.0954. The minimum Gasteiger partial charge on any atom is -0.497 e. The smallest absolute Gasteiger partial charge is 0.251 e. The number of carbonyl (C=O) groups is 1. The average molecular weight is 504 g/mol. The average Bonchev–Trinajstić information content (AvgIpc) is 3.51. The number of likely N-dealkylation sites (N-methyl/N-ethyl adjacent to an activating group) is 1. The number of amides is 1. The van der Waals surface area contributed by atoms with E-state index in [4.69, 9.17) is 9.47 Å². The van der Waals surface area contributed by atoms with E-state index < -0.39 is 0 Å². The molecule has 1 aromatic rings. The van der Waals surface area contributed by atoms with Crippen LogP contribution in [0.4, 0.5) is 0 Å². The molecular formula is C20H33IN4O3. The van der Waals surface area contributed by atoms with Crippen LogP contribution in [-0.4, -0.2) is 70.3 Å². The lowest BCUT2D eigenvalue weighted by Gasteiger charge is -2.22. The zero-order chi connectivity index (χ0) is 19.5. The standard InChI is InChI=1S/C20H32N4O3.HI/c1-4-21-20(24(2)12-13-27-15-16-8-9-16)23-11-10-22-19(25)17-6-5-7-18(14-17)26-3;/h5-7,14,16H,4,8-13,15H2,1-3H3,(H,21,23)(H,22,25);1H. The Morgan fingerprint density at radius 3 is 2.79 bits per heavy atom. The molecule has 1 fully saturated rings. The Bertz CT molecular complexity index is 623. The number of nitrogens with one attached hydrogen (secondary N) is 2. The van der Waals surface area contributed by atoms with Crippen LogP contribution < -0.4 is 15.4 Å². The fourth-order valence-corrected chi connectivity index (χ4v) is 2.51. The predicted molar refractivity (Wildman–Crippen MR) is 123 cm³/mol. The first-order chi connectivity index (χ1) is 13.1. The maximum absolute atomic E-state index is 12.2. The molecule has 0 spiro atoms. The molecule has 0 heterocycles. The number of guanidine groups is 1. The Balaban J connectivity index is 0.00000392. The Hall–Kier alpha value is -1.55. The van der Waals surface area contributed by atoms with Gasteiger partial charge in [0.2, 0.25) is 0 Å². The Kier molecular flexibility index (Phi) is 11.9. The van der Waals surface area contributed by atoms with E-state index in [2.05, 4.69) is 20.5 Å². The highest BCUT2D eigenvalue weighted by Crippen LogP contribution is 2.28. The van der Waals surface area contributed by atoms with Crippen molar-refractivity contribution in [3.05, 3.63) is 29.8 Å². The third-order valence-corrected chi connectivity index (χ3v) is 4.31. The maximum atomic E-state index is 12.2. The summed E-state index contributed by atoms with van der Waals surface area (Å²) in [5.41, 5.74) is 0.579. The fourth-order valence-electron chi connectivity index (χ4n) is 2.51. The van der Waals surface area contributed by atoms with Gasteiger partial charge in [0.15, 0.2) is 5.96 Å². The third kappa shape index (κ3) is 9.09. The molecule has 0 saturated heterocycles. The Morgan fingerprint density at radius 1 is 1.32 bits per heavy atom. The monoisotopic (exact) mass is 504 g/mol. The SMILES string of the molecule is CCNC(=NCCNC(=O)c1cccc(OC)c1)N(C)CCOCC1CC1.I. The second kappa shape index (κ2) is 13.6. The van der Waals surface area contributed by atoms with Gasteiger partial charge in [-0.3, -0.25) is 9.79 Å². The Labute approximate surface area is 185 Å². The van der Waals surface area contributed by atoms with Crippen molar-refractivity contribution in [2.75, 3.05) is 53.6 Å². The topological polar surface area (TPSA) is 75.2 Å². The van der Waals surface area contributed by atoms with Gasteiger partial charge in [0, 0.05) is 38.9 Å². The van der Waals surface area contributed by atoms with Crippen molar-refractivity contribution in [2.24, 2.45) is 10.9 Å². The van der Waals surface area contributed by atoms with Gasteiger partial charge >= 0.3 is 0 Å². The second-order valence-electron chi connectivity index (χ2n) is 6.66. The minimum atomic E-state index is -0.129. The van der Waals surface area contributed by atoms with Gasteiger partial charge in [0.1, 0.15) is 5.75 Å². The van der Waals surface area contributed by atoms with Crippen LogP contribution in [0.5, 0.6) is 5.75 Å². The first kappa shape index (κ1) is 24.5. The van der Waals surface area contributed by atoms with E-state index in [0.717, 1.165) is 31.6 Å². The zero-order valence-electron chi connectivity index (χ0n) is 17.1. The summed E-state index contributed by atoms with van der Waals surface area (Å²) >= 11 is 0. The van der Waals surface area contributed by atoms with Crippen LogP contribution in [0.1, 0.15) is 30.1 Å². The number of aliphatic imine (C=N–C) groups is 1. The summed E-state index contributed by atoms with van der Waals surface area (Å²) in [6, 6.07) is 7.10. The molecule has 1 aliphatic rings. The summed E-state index contributed by atoms with van der Waals surface area (Å²) in [5, 5.41) is 6.16. The number of halogens is 1. The van der Waals surface area contributed by atoms with Crippen LogP contribution in [0.2, 0.25) is 0 Å². The summed E-state index contributed by atoms with van der Waals surface area (Å²) in [4.78, 5) is 18.8. The highest BCUT2D eigenvalue weighted by atomic mass is 127. The van der Waals surface area contributed by atoms with Crippen molar-refractivity contribution in [2.45, 2.75) is 19.8 Å². The Morgan fingerprint density at radius 2 is 2.11 bits per heavy atom. The molecule has 0 aliphatic heterocycles. The number of ether oxygens (including phenoxy) is 2. The highest BCUT2D eigenvalue weighted by molar-refractivity contribution is 14.0. The molecule has 158 valence electrons. The number of carbonyl (C=O) groups excluding carboxylic acids is 1. The van der Waals surface area contributed by atoms with Crippen molar-refractivity contribution < 1.29 is 14.3 Å². The van der Waals surface area contributed by atoms with Gasteiger partial charge in [0.05, 0.1) is 20.3 Å². The number of benzene rings is 1. The molecule has 1 amide bonds. The van der Waals surface area contributed by atoms with E-state index in [0.29, 0.717) is 31.0 Å². The second-order valence-corrected chi connectivity index (χ2v) is 6.66. The molecule has 2 rings (SSSR count). The van der Waals surface area contributed by atoms with Gasteiger partial charge in [0.25, 0.3) is 5.91 Å². The molecule has 2 N–H and O–H groups in total. The van der Waals surface area contributed by atoms with Gasteiger partial charge in [-0.2, -0.15) is 0 Å². The first-order valence-corrected chi connectivity index (χ1v) is 9.63. The van der Waals surface area contributed by atoms with E-state index in [1.165, 1.54) is 12.8 Å². The molecular weight excluding hydrogens is 471 g/mol. The van der Waals surface area contributed by atoms with Gasteiger partial charge < -0.3 is 25.0 Å². The van der Waals surface area contributed by atoms with Gasteiger partial charge in [-0.1, -0.05) is 6.07 Å². The van der Waals surface area contributed by atoms with Crippen LogP contribution in [0.25, 0.3) is 0 Å². The summed E-state index contributed by atoms with van der Waals surface area (Å²) < 4.78 is 10.8. The maximum Gasteiger partial charge on any atom is 0.251 e. The molecule has 8 heteroatoms. The van der Waals surface area contributed by atoms with Crippen molar-refractivity contribution in [3.8, 4) is 5.75 Å². The van der Waals surface area contributed by atoms with Crippen LogP contribution in [-0.2, 0) is 4.74 Å². The molecule has 0 radical (unpaired) electrons. The van der Waals surface area contributed by atoms with E-state index >= 15 is 0 Å². The van der Waals surface area contributed by atoms with Crippen molar-refractivity contribution in [1.29, 1.82) is 0 Å². The summed E-state index contributed by atoms with van der Waals surface area (Å²) in [5.74, 6) is 2.14. The molecule has 1 saturated carbocycles. The number of nitrogens with zero attached hydrogens (tertiary/aromatic N) is 2. The van der Waals surface area contributed by atoms with Crippen LogP contribution in [0.15, 0.2) is 29.3 Å². The number of hydrogen-bond donors (Lipinski definition) is 2. The van der Waals surface area contributed by atoms with E-state index in [-0.39, 0.29) is 29.9 Å². The van der Waals surface area contributed by atoms with Crippen molar-refractivity contribution >= 4 is 35.8 Å². The number of hydrogen-bond acceptors (Lipinski definition) is 4. The molecule has 0 bridgehead atoms. The largest absolute Gasteiger partial charge is 0.497 e. The van der Waals surface area contributed by atoms with Crippen LogP contribution in [0.3, 0.4) is 0 Å². The minimum absolute atomic E-state index is 0.